The van der Waals surface area contributed by atoms with Gasteiger partial charge < -0.3 is 10.6 Å². The summed E-state index contributed by atoms with van der Waals surface area (Å²) in [7, 11) is 0. The molecule has 0 heterocycles. The van der Waals surface area contributed by atoms with E-state index in [1.807, 2.05) is 0 Å². The average molecular weight is 365 g/mol. The van der Waals surface area contributed by atoms with Gasteiger partial charge in [0.2, 0.25) is 5.91 Å². The maximum atomic E-state index is 12.0. The lowest BCUT2D eigenvalue weighted by molar-refractivity contribution is -0.385. The molecule has 0 aliphatic carbocycles. The van der Waals surface area contributed by atoms with Crippen molar-refractivity contribution in [3.05, 3.63) is 67.2 Å². The van der Waals surface area contributed by atoms with E-state index in [0.29, 0.717) is 16.9 Å². The second-order valence-electron chi connectivity index (χ2n) is 5.03. The first-order chi connectivity index (χ1) is 11.8. The van der Waals surface area contributed by atoms with Gasteiger partial charge in [0.05, 0.1) is 27.6 Å². The Labute approximate surface area is 146 Å². The van der Waals surface area contributed by atoms with Gasteiger partial charge in [-0.2, -0.15) is 0 Å². The van der Waals surface area contributed by atoms with Crippen LogP contribution in [0.15, 0.2) is 36.4 Å². The Bertz CT molecular complexity index is 856. The topological polar surface area (TPSA) is 127 Å². The van der Waals surface area contributed by atoms with Gasteiger partial charge in [0.1, 0.15) is 5.02 Å². The summed E-state index contributed by atoms with van der Waals surface area (Å²) in [5.74, 6) is -0.457. The van der Waals surface area contributed by atoms with Gasteiger partial charge in [-0.1, -0.05) is 17.7 Å². The lowest BCUT2D eigenvalue weighted by atomic mass is 10.1. The fourth-order valence-electron chi connectivity index (χ4n) is 2.10. The number of halogens is 1. The van der Waals surface area contributed by atoms with Crippen molar-refractivity contribution in [2.45, 2.75) is 6.92 Å². The molecule has 2 aromatic carbocycles. The van der Waals surface area contributed by atoms with Crippen LogP contribution in [-0.2, 0) is 4.79 Å². The summed E-state index contributed by atoms with van der Waals surface area (Å²) in [6.07, 6.45) is 0. The number of anilines is 2. The van der Waals surface area contributed by atoms with Crippen molar-refractivity contribution >= 4 is 40.3 Å². The fraction of sp³-hybridized carbons (Fsp3) is 0.133. The van der Waals surface area contributed by atoms with E-state index >= 15 is 0 Å². The third-order valence-corrected chi connectivity index (χ3v) is 3.69. The minimum atomic E-state index is -0.625. The van der Waals surface area contributed by atoms with Gasteiger partial charge in [0.25, 0.3) is 11.4 Å². The van der Waals surface area contributed by atoms with E-state index in [4.69, 9.17) is 11.6 Å². The molecule has 9 nitrogen and oxygen atoms in total. The molecule has 10 heteroatoms. The molecule has 0 bridgehead atoms. The summed E-state index contributed by atoms with van der Waals surface area (Å²) in [5.41, 5.74) is 0.633. The number of rotatable bonds is 6. The van der Waals surface area contributed by atoms with Crippen LogP contribution < -0.4 is 10.6 Å². The number of nitrogens with one attached hydrogen (secondary N) is 2. The minimum absolute atomic E-state index is 0.00720. The van der Waals surface area contributed by atoms with Crippen molar-refractivity contribution in [1.29, 1.82) is 0 Å². The predicted octanol–water partition coefficient (Wildman–Crippen LogP) is 3.52. The smallest absolute Gasteiger partial charge is 0.289 e. The van der Waals surface area contributed by atoms with Gasteiger partial charge in [-0.05, 0) is 25.1 Å². The Morgan fingerprint density at radius 3 is 2.44 bits per heavy atom. The van der Waals surface area contributed by atoms with Gasteiger partial charge >= 0.3 is 0 Å². The number of nitrogens with zero attached hydrogens (tertiary/aromatic N) is 2. The second-order valence-corrected chi connectivity index (χ2v) is 5.44. The van der Waals surface area contributed by atoms with Crippen molar-refractivity contribution in [1.82, 2.24) is 0 Å². The highest BCUT2D eigenvalue weighted by Gasteiger charge is 2.16. The molecule has 0 aromatic heterocycles. The van der Waals surface area contributed by atoms with E-state index in [0.717, 1.165) is 0 Å². The average Bonchev–Trinajstić information content (AvgIpc) is 2.55. The van der Waals surface area contributed by atoms with Crippen LogP contribution in [0.3, 0.4) is 0 Å². The number of carbonyl (C=O) groups excluding carboxylic acids is 1. The maximum Gasteiger partial charge on any atom is 0.289 e. The summed E-state index contributed by atoms with van der Waals surface area (Å²) in [6.45, 7) is 1.35. The largest absolute Gasteiger partial charge is 0.376 e. The lowest BCUT2D eigenvalue weighted by Gasteiger charge is -2.10. The van der Waals surface area contributed by atoms with E-state index < -0.39 is 15.8 Å². The predicted molar refractivity (Wildman–Crippen MR) is 93.1 cm³/mol. The van der Waals surface area contributed by atoms with Crippen LogP contribution in [0, 0.1) is 27.2 Å². The quantitative estimate of drug-likeness (QED) is 0.596. The van der Waals surface area contributed by atoms with Gasteiger partial charge in [-0.25, -0.2) is 0 Å². The van der Waals surface area contributed by atoms with Crippen molar-refractivity contribution in [2.75, 3.05) is 17.2 Å². The Kier molecular flexibility index (Phi) is 5.50. The molecule has 0 saturated carbocycles. The first-order valence-corrected chi connectivity index (χ1v) is 7.39. The fourth-order valence-corrected chi connectivity index (χ4v) is 2.28. The van der Waals surface area contributed by atoms with Crippen LogP contribution >= 0.6 is 11.6 Å². The molecule has 25 heavy (non-hydrogen) atoms. The van der Waals surface area contributed by atoms with Crippen molar-refractivity contribution < 1.29 is 14.6 Å². The number of benzene rings is 2. The molecule has 1 amide bonds. The number of nitro benzene ring substituents is 2. The first kappa shape index (κ1) is 18.1. The van der Waals surface area contributed by atoms with Gasteiger partial charge in [0.15, 0.2) is 0 Å². The molecule has 0 radical (unpaired) electrons. The van der Waals surface area contributed by atoms with Gasteiger partial charge in [0, 0.05) is 17.8 Å². The highest BCUT2D eigenvalue weighted by Crippen LogP contribution is 2.27. The van der Waals surface area contributed by atoms with Crippen LogP contribution in [0.4, 0.5) is 22.7 Å². The van der Waals surface area contributed by atoms with E-state index in [2.05, 4.69) is 10.6 Å². The zero-order valence-electron chi connectivity index (χ0n) is 13.0. The number of hydrogen-bond donors (Lipinski definition) is 2. The van der Waals surface area contributed by atoms with E-state index in [9.17, 15) is 25.0 Å². The third-order valence-electron chi connectivity index (χ3n) is 3.37. The minimum Gasteiger partial charge on any atom is -0.376 e. The highest BCUT2D eigenvalue weighted by molar-refractivity contribution is 6.32. The summed E-state index contributed by atoms with van der Waals surface area (Å²) < 4.78 is 0. The summed E-state index contributed by atoms with van der Waals surface area (Å²) in [4.78, 5) is 32.6. The normalized spacial score (nSPS) is 10.2. The molecule has 0 aliphatic heterocycles. The van der Waals surface area contributed by atoms with Gasteiger partial charge in [-0.15, -0.1) is 0 Å². The Balaban J connectivity index is 2.05. The monoisotopic (exact) mass is 364 g/mol. The van der Waals surface area contributed by atoms with Crippen LogP contribution in [-0.4, -0.2) is 22.3 Å². The molecule has 2 aromatic rings. The molecule has 0 atom stereocenters. The first-order valence-electron chi connectivity index (χ1n) is 7.01. The molecule has 0 fully saturated rings. The molecule has 0 saturated heterocycles. The highest BCUT2D eigenvalue weighted by atomic mass is 35.5. The zero-order valence-corrected chi connectivity index (χ0v) is 13.7. The summed E-state index contributed by atoms with van der Waals surface area (Å²) in [5, 5.41) is 27.0. The van der Waals surface area contributed by atoms with Crippen LogP contribution in [0.2, 0.25) is 5.02 Å². The standard InChI is InChI=1S/C15H13ClN4O5/c1-9-12(3-2-4-13(9)19(22)23)18-15(21)8-17-10-5-6-11(16)14(7-10)20(24)25/h2-7,17H,8H2,1H3,(H,18,21). The van der Waals surface area contributed by atoms with Crippen molar-refractivity contribution in [3.8, 4) is 0 Å². The van der Waals surface area contributed by atoms with Crippen LogP contribution in [0.25, 0.3) is 0 Å². The molecule has 2 rings (SSSR count). The maximum absolute atomic E-state index is 12.0. The Morgan fingerprint density at radius 2 is 1.80 bits per heavy atom. The molecular formula is C15H13ClN4O5. The van der Waals surface area contributed by atoms with Crippen LogP contribution in [0.1, 0.15) is 5.56 Å². The number of amides is 1. The summed E-state index contributed by atoms with van der Waals surface area (Å²) >= 11 is 5.72. The lowest BCUT2D eigenvalue weighted by Crippen LogP contribution is -2.22. The van der Waals surface area contributed by atoms with Crippen LogP contribution in [0.5, 0.6) is 0 Å². The summed E-state index contributed by atoms with van der Waals surface area (Å²) in [6, 6.07) is 8.43. The molecule has 2 N–H and O–H groups in total. The number of hydrogen-bond acceptors (Lipinski definition) is 6. The van der Waals surface area contributed by atoms with Gasteiger partial charge in [-0.3, -0.25) is 25.0 Å². The Hall–Kier alpha value is -3.20. The van der Waals surface area contributed by atoms with E-state index in [1.165, 1.54) is 37.3 Å². The van der Waals surface area contributed by atoms with Crippen molar-refractivity contribution in [2.24, 2.45) is 0 Å². The van der Waals surface area contributed by atoms with E-state index in [1.54, 1.807) is 6.07 Å². The second kappa shape index (κ2) is 7.58. The number of nitro groups is 2. The zero-order chi connectivity index (χ0) is 18.6. The van der Waals surface area contributed by atoms with E-state index in [-0.39, 0.29) is 22.9 Å². The molecule has 0 unspecified atom stereocenters. The molecule has 0 spiro atoms. The van der Waals surface area contributed by atoms with Crippen molar-refractivity contribution in [3.63, 3.8) is 0 Å². The molecule has 130 valence electrons. The molecular weight excluding hydrogens is 352 g/mol. The number of carbonyl (C=O) groups is 1. The Morgan fingerprint density at radius 1 is 1.12 bits per heavy atom. The molecule has 0 aliphatic rings. The SMILES string of the molecule is Cc1c(NC(=O)CNc2ccc(Cl)c([N+](=O)[O-])c2)cccc1[N+](=O)[O-]. The third kappa shape index (κ3) is 4.42.